The third-order valence-electron chi connectivity index (χ3n) is 3.82. The highest BCUT2D eigenvalue weighted by atomic mass is 32.2. The fourth-order valence-electron chi connectivity index (χ4n) is 2.49. The Balaban J connectivity index is 2.02. The van der Waals surface area contributed by atoms with Gasteiger partial charge in [-0.05, 0) is 49.2 Å². The van der Waals surface area contributed by atoms with Crippen LogP contribution in [0.5, 0.6) is 11.5 Å². The molecule has 0 aliphatic carbocycles. The lowest BCUT2D eigenvalue weighted by Gasteiger charge is -2.15. The Hall–Kier alpha value is -2.58. The van der Waals surface area contributed by atoms with Crippen molar-refractivity contribution in [3.63, 3.8) is 0 Å². The second-order valence-corrected chi connectivity index (χ2v) is 8.23. The second kappa shape index (κ2) is 9.57. The van der Waals surface area contributed by atoms with Gasteiger partial charge in [0, 0.05) is 6.54 Å². The molecule has 0 radical (unpaired) electrons. The van der Waals surface area contributed by atoms with Gasteiger partial charge < -0.3 is 14.2 Å². The summed E-state index contributed by atoms with van der Waals surface area (Å²) in [6, 6.07) is 11.5. The van der Waals surface area contributed by atoms with Crippen LogP contribution >= 0.6 is 0 Å². The summed E-state index contributed by atoms with van der Waals surface area (Å²) in [6.07, 6.45) is 0.00354. The SMILES string of the molecule is COC(=O)c1ccc(CS(=O)(=O)NCc2ccc(OC(C)C)c(OC)c2)cc1. The van der Waals surface area contributed by atoms with Crippen LogP contribution in [0.25, 0.3) is 0 Å². The van der Waals surface area contributed by atoms with Crippen molar-refractivity contribution in [2.75, 3.05) is 14.2 Å². The van der Waals surface area contributed by atoms with Crippen LogP contribution in [0.4, 0.5) is 0 Å². The summed E-state index contributed by atoms with van der Waals surface area (Å²) in [4.78, 5) is 11.4. The molecule has 0 amide bonds. The Kier molecular flexibility index (Phi) is 7.42. The number of nitrogens with one attached hydrogen (secondary N) is 1. The first kappa shape index (κ1) is 21.7. The molecule has 0 spiro atoms. The van der Waals surface area contributed by atoms with Gasteiger partial charge >= 0.3 is 5.97 Å². The summed E-state index contributed by atoms with van der Waals surface area (Å²) in [7, 11) is -0.729. The number of rotatable bonds is 9. The lowest BCUT2D eigenvalue weighted by atomic mass is 10.1. The van der Waals surface area contributed by atoms with Crippen molar-refractivity contribution in [1.82, 2.24) is 4.72 Å². The van der Waals surface area contributed by atoms with E-state index in [9.17, 15) is 13.2 Å². The van der Waals surface area contributed by atoms with Crippen molar-refractivity contribution in [3.8, 4) is 11.5 Å². The van der Waals surface area contributed by atoms with E-state index in [-0.39, 0.29) is 18.4 Å². The summed E-state index contributed by atoms with van der Waals surface area (Å²) in [5.41, 5.74) is 1.68. The molecule has 152 valence electrons. The van der Waals surface area contributed by atoms with Crippen LogP contribution in [-0.2, 0) is 27.1 Å². The highest BCUT2D eigenvalue weighted by Gasteiger charge is 2.14. The zero-order chi connectivity index (χ0) is 20.7. The molecule has 0 saturated heterocycles. The maximum atomic E-state index is 12.4. The van der Waals surface area contributed by atoms with Crippen molar-refractivity contribution in [3.05, 3.63) is 59.2 Å². The molecule has 0 aliphatic heterocycles. The first-order valence-electron chi connectivity index (χ1n) is 8.72. The molecule has 2 aromatic rings. The van der Waals surface area contributed by atoms with Crippen LogP contribution in [0.15, 0.2) is 42.5 Å². The van der Waals surface area contributed by atoms with Gasteiger partial charge in [-0.1, -0.05) is 18.2 Å². The molecular formula is C20H25NO6S. The minimum absolute atomic E-state index is 0.00354. The van der Waals surface area contributed by atoms with E-state index in [4.69, 9.17) is 9.47 Å². The van der Waals surface area contributed by atoms with Crippen LogP contribution < -0.4 is 14.2 Å². The van der Waals surface area contributed by atoms with Crippen LogP contribution in [0.2, 0.25) is 0 Å². The molecule has 0 aliphatic rings. The largest absolute Gasteiger partial charge is 0.493 e. The number of hydrogen-bond donors (Lipinski definition) is 1. The van der Waals surface area contributed by atoms with E-state index in [0.717, 1.165) is 5.56 Å². The first-order chi connectivity index (χ1) is 13.2. The molecule has 0 saturated carbocycles. The normalized spacial score (nSPS) is 11.3. The van der Waals surface area contributed by atoms with Gasteiger partial charge in [0.1, 0.15) is 0 Å². The molecule has 2 rings (SSSR count). The predicted octanol–water partition coefficient (Wildman–Crippen LogP) is 2.89. The number of carbonyl (C=O) groups excluding carboxylic acids is 1. The van der Waals surface area contributed by atoms with Gasteiger partial charge in [0.2, 0.25) is 10.0 Å². The Morgan fingerprint density at radius 2 is 1.64 bits per heavy atom. The summed E-state index contributed by atoms with van der Waals surface area (Å²) < 4.78 is 42.9. The average molecular weight is 407 g/mol. The summed E-state index contributed by atoms with van der Waals surface area (Å²) in [5.74, 6) is 0.491. The number of benzene rings is 2. The zero-order valence-electron chi connectivity index (χ0n) is 16.4. The topological polar surface area (TPSA) is 90.9 Å². The van der Waals surface area contributed by atoms with Gasteiger partial charge in [-0.2, -0.15) is 0 Å². The molecule has 0 fully saturated rings. The number of esters is 1. The summed E-state index contributed by atoms with van der Waals surface area (Å²) in [5, 5.41) is 0. The third-order valence-corrected chi connectivity index (χ3v) is 5.12. The molecule has 0 unspecified atom stereocenters. The quantitative estimate of drug-likeness (QED) is 0.643. The van der Waals surface area contributed by atoms with Crippen LogP contribution in [0, 0.1) is 0 Å². The Labute approximate surface area is 165 Å². The molecule has 1 N–H and O–H groups in total. The molecule has 8 heteroatoms. The van der Waals surface area contributed by atoms with Crippen LogP contribution in [0.1, 0.15) is 35.3 Å². The number of hydrogen-bond acceptors (Lipinski definition) is 6. The van der Waals surface area contributed by atoms with E-state index < -0.39 is 16.0 Å². The van der Waals surface area contributed by atoms with Crippen molar-refractivity contribution in [2.45, 2.75) is 32.2 Å². The van der Waals surface area contributed by atoms with Gasteiger partial charge in [0.15, 0.2) is 11.5 Å². The lowest BCUT2D eigenvalue weighted by Crippen LogP contribution is -2.24. The van der Waals surface area contributed by atoms with Crippen molar-refractivity contribution < 1.29 is 27.4 Å². The maximum Gasteiger partial charge on any atom is 0.337 e. The van der Waals surface area contributed by atoms with E-state index >= 15 is 0 Å². The minimum Gasteiger partial charge on any atom is -0.493 e. The maximum absolute atomic E-state index is 12.4. The minimum atomic E-state index is -3.56. The molecule has 7 nitrogen and oxygen atoms in total. The van der Waals surface area contributed by atoms with Crippen molar-refractivity contribution in [1.29, 1.82) is 0 Å². The van der Waals surface area contributed by atoms with Crippen molar-refractivity contribution in [2.24, 2.45) is 0 Å². The molecule has 0 aromatic heterocycles. The van der Waals surface area contributed by atoms with E-state index in [2.05, 4.69) is 9.46 Å². The van der Waals surface area contributed by atoms with E-state index in [1.54, 1.807) is 30.3 Å². The number of ether oxygens (including phenoxy) is 3. The van der Waals surface area contributed by atoms with Crippen LogP contribution in [-0.4, -0.2) is 34.7 Å². The van der Waals surface area contributed by atoms with E-state index in [1.165, 1.54) is 26.4 Å². The van der Waals surface area contributed by atoms with Crippen molar-refractivity contribution >= 4 is 16.0 Å². The van der Waals surface area contributed by atoms with E-state index in [1.807, 2.05) is 13.8 Å². The Morgan fingerprint density at radius 1 is 1.00 bits per heavy atom. The lowest BCUT2D eigenvalue weighted by molar-refractivity contribution is 0.0600. The van der Waals surface area contributed by atoms with Crippen LogP contribution in [0.3, 0.4) is 0 Å². The molecule has 28 heavy (non-hydrogen) atoms. The average Bonchev–Trinajstić information content (AvgIpc) is 2.66. The smallest absolute Gasteiger partial charge is 0.337 e. The highest BCUT2D eigenvalue weighted by molar-refractivity contribution is 7.88. The molecule has 0 heterocycles. The third kappa shape index (κ3) is 6.24. The Morgan fingerprint density at radius 3 is 2.21 bits per heavy atom. The van der Waals surface area contributed by atoms with E-state index in [0.29, 0.717) is 22.6 Å². The van der Waals surface area contributed by atoms with Gasteiger partial charge in [-0.25, -0.2) is 17.9 Å². The van der Waals surface area contributed by atoms with Gasteiger partial charge in [0.05, 0.1) is 31.6 Å². The predicted molar refractivity (Wildman–Crippen MR) is 106 cm³/mol. The van der Waals surface area contributed by atoms with Gasteiger partial charge in [-0.3, -0.25) is 0 Å². The van der Waals surface area contributed by atoms with Gasteiger partial charge in [0.25, 0.3) is 0 Å². The molecular weight excluding hydrogens is 382 g/mol. The zero-order valence-corrected chi connectivity index (χ0v) is 17.2. The summed E-state index contributed by atoms with van der Waals surface area (Å²) in [6.45, 7) is 3.96. The molecule has 0 bridgehead atoms. The Bertz CT molecular complexity index is 907. The number of methoxy groups -OCH3 is 2. The fraction of sp³-hybridized carbons (Fsp3) is 0.350. The molecule has 2 aromatic carbocycles. The number of carbonyl (C=O) groups is 1. The second-order valence-electron chi connectivity index (χ2n) is 6.42. The monoisotopic (exact) mass is 407 g/mol. The van der Waals surface area contributed by atoms with Gasteiger partial charge in [-0.15, -0.1) is 0 Å². The number of sulfonamides is 1. The molecule has 0 atom stereocenters. The fourth-order valence-corrected chi connectivity index (χ4v) is 3.61. The standard InChI is InChI=1S/C20H25NO6S/c1-14(2)27-18-10-7-16(11-19(18)25-3)12-21-28(23,24)13-15-5-8-17(9-6-15)20(22)26-4/h5-11,14,21H,12-13H2,1-4H3. The summed E-state index contributed by atoms with van der Waals surface area (Å²) >= 11 is 0. The first-order valence-corrected chi connectivity index (χ1v) is 10.4. The highest BCUT2D eigenvalue weighted by Crippen LogP contribution is 2.29.